The van der Waals surface area contributed by atoms with E-state index in [1.165, 1.54) is 25.6 Å². The van der Waals surface area contributed by atoms with E-state index in [0.717, 1.165) is 50.4 Å². The molecule has 3 atom stereocenters. The molecule has 0 aromatic carbocycles. The van der Waals surface area contributed by atoms with Gasteiger partial charge < -0.3 is 20.4 Å². The molecule has 1 aromatic rings. The molecule has 3 heterocycles. The van der Waals surface area contributed by atoms with Gasteiger partial charge in [0.1, 0.15) is 0 Å². The van der Waals surface area contributed by atoms with Gasteiger partial charge in [0.2, 0.25) is 0 Å². The second-order valence-electron chi connectivity index (χ2n) is 8.09. The van der Waals surface area contributed by atoms with Gasteiger partial charge in [0.25, 0.3) is 0 Å². The Bertz CT molecular complexity index is 633. The second-order valence-corrected chi connectivity index (χ2v) is 8.09. The number of aliphatic imine (C=N–C) groups is 1. The number of halogens is 2. The Morgan fingerprint density at radius 3 is 2.71 bits per heavy atom. The normalized spacial score (nSPS) is 26.1. The number of aromatic nitrogens is 1. The van der Waals surface area contributed by atoms with Crippen molar-refractivity contribution in [2.75, 3.05) is 51.2 Å². The summed E-state index contributed by atoms with van der Waals surface area (Å²) < 4.78 is 13.9. The molecule has 0 radical (unpaired) electrons. The molecule has 0 spiro atoms. The van der Waals surface area contributed by atoms with Crippen LogP contribution in [0.5, 0.6) is 0 Å². The number of rotatable bonds is 5. The zero-order valence-corrected chi connectivity index (χ0v) is 19.5. The highest BCUT2D eigenvalue weighted by atomic mass is 127. The summed E-state index contributed by atoms with van der Waals surface area (Å²) in [5.41, 5.74) is 0. The molecule has 2 aliphatic rings. The van der Waals surface area contributed by atoms with Gasteiger partial charge in [-0.15, -0.1) is 24.0 Å². The summed E-state index contributed by atoms with van der Waals surface area (Å²) in [6.45, 7) is 10.5. The quantitative estimate of drug-likeness (QED) is 0.367. The standard InChI is InChI=1S/C20H33FN6.HI/c1-15-11-16(2)13-26(12-15)10-8-24-20(22-3)25-17-6-9-27(14-17)19-18(21)5-4-7-23-19;/h4-5,7,15-17H,6,8-14H2,1-3H3,(H2,22,24,25);1H. The fourth-order valence-corrected chi connectivity index (χ4v) is 4.38. The molecular formula is C20H34FIN6. The number of anilines is 1. The zero-order valence-electron chi connectivity index (χ0n) is 17.2. The van der Waals surface area contributed by atoms with E-state index in [2.05, 4.69) is 39.4 Å². The van der Waals surface area contributed by atoms with Gasteiger partial charge in [-0.05, 0) is 36.8 Å². The van der Waals surface area contributed by atoms with Crippen LogP contribution in [0.25, 0.3) is 0 Å². The third-order valence-corrected chi connectivity index (χ3v) is 5.46. The Labute approximate surface area is 185 Å². The number of piperidine rings is 1. The lowest BCUT2D eigenvalue weighted by Crippen LogP contribution is -2.48. The largest absolute Gasteiger partial charge is 0.355 e. The van der Waals surface area contributed by atoms with Crippen molar-refractivity contribution in [3.8, 4) is 0 Å². The first kappa shape index (κ1) is 23.1. The van der Waals surface area contributed by atoms with Gasteiger partial charge in [0.05, 0.1) is 0 Å². The molecule has 2 N–H and O–H groups in total. The SMILES string of the molecule is CN=C(NCCN1CC(C)CC(C)C1)NC1CCN(c2ncccc2F)C1.I. The van der Waals surface area contributed by atoms with Crippen LogP contribution in [-0.2, 0) is 0 Å². The summed E-state index contributed by atoms with van der Waals surface area (Å²) in [6.07, 6.45) is 3.92. The van der Waals surface area contributed by atoms with Gasteiger partial charge in [-0.1, -0.05) is 13.8 Å². The van der Waals surface area contributed by atoms with Gasteiger partial charge >= 0.3 is 0 Å². The minimum Gasteiger partial charge on any atom is -0.355 e. The van der Waals surface area contributed by atoms with Crippen molar-refractivity contribution in [1.82, 2.24) is 20.5 Å². The lowest BCUT2D eigenvalue weighted by Gasteiger charge is -2.35. The van der Waals surface area contributed by atoms with Crippen LogP contribution in [0, 0.1) is 17.7 Å². The Hall–Kier alpha value is -1.16. The van der Waals surface area contributed by atoms with Gasteiger partial charge in [-0.3, -0.25) is 4.99 Å². The van der Waals surface area contributed by atoms with Crippen molar-refractivity contribution in [1.29, 1.82) is 0 Å². The van der Waals surface area contributed by atoms with Crippen molar-refractivity contribution in [3.05, 3.63) is 24.1 Å². The highest BCUT2D eigenvalue weighted by molar-refractivity contribution is 14.0. The zero-order chi connectivity index (χ0) is 19.2. The number of nitrogens with zero attached hydrogens (tertiary/aromatic N) is 4. The summed E-state index contributed by atoms with van der Waals surface area (Å²) in [5, 5.41) is 6.90. The van der Waals surface area contributed by atoms with Crippen molar-refractivity contribution >= 4 is 35.8 Å². The first-order valence-corrected chi connectivity index (χ1v) is 10.1. The Morgan fingerprint density at radius 1 is 1.29 bits per heavy atom. The van der Waals surface area contributed by atoms with Gasteiger partial charge in [-0.25, -0.2) is 9.37 Å². The summed E-state index contributed by atoms with van der Waals surface area (Å²) in [6, 6.07) is 3.33. The number of hydrogen-bond donors (Lipinski definition) is 2. The molecule has 158 valence electrons. The third kappa shape index (κ3) is 6.43. The number of pyridine rings is 1. The van der Waals surface area contributed by atoms with Gasteiger partial charge in [-0.2, -0.15) is 0 Å². The predicted molar refractivity (Wildman–Crippen MR) is 124 cm³/mol. The Morgan fingerprint density at radius 2 is 2.04 bits per heavy atom. The summed E-state index contributed by atoms with van der Waals surface area (Å²) >= 11 is 0. The Kier molecular flexibility index (Phi) is 9.20. The summed E-state index contributed by atoms with van der Waals surface area (Å²) in [4.78, 5) is 13.1. The van der Waals surface area contributed by atoms with E-state index in [4.69, 9.17) is 0 Å². The van der Waals surface area contributed by atoms with Crippen LogP contribution in [0.15, 0.2) is 23.3 Å². The number of hydrogen-bond acceptors (Lipinski definition) is 4. The third-order valence-electron chi connectivity index (χ3n) is 5.46. The highest BCUT2D eigenvalue weighted by Gasteiger charge is 2.26. The smallest absolute Gasteiger partial charge is 0.191 e. The fraction of sp³-hybridized carbons (Fsp3) is 0.700. The molecule has 6 nitrogen and oxygen atoms in total. The minimum atomic E-state index is -0.259. The molecule has 0 aliphatic carbocycles. The number of guanidine groups is 1. The molecule has 0 bridgehead atoms. The van der Waals surface area contributed by atoms with Crippen LogP contribution in [0.4, 0.5) is 10.2 Å². The fourth-order valence-electron chi connectivity index (χ4n) is 4.38. The average molecular weight is 504 g/mol. The average Bonchev–Trinajstić information content (AvgIpc) is 3.08. The minimum absolute atomic E-state index is 0. The van der Waals surface area contributed by atoms with Crippen LogP contribution < -0.4 is 15.5 Å². The van der Waals surface area contributed by atoms with Gasteiger partial charge in [0, 0.05) is 58.6 Å². The topological polar surface area (TPSA) is 55.8 Å². The molecule has 2 saturated heterocycles. The lowest BCUT2D eigenvalue weighted by atomic mass is 9.92. The molecule has 0 amide bonds. The first-order chi connectivity index (χ1) is 13.0. The van der Waals surface area contributed by atoms with Crippen molar-refractivity contribution < 1.29 is 4.39 Å². The van der Waals surface area contributed by atoms with Gasteiger partial charge in [0.15, 0.2) is 17.6 Å². The van der Waals surface area contributed by atoms with E-state index in [-0.39, 0.29) is 35.8 Å². The Balaban J connectivity index is 0.00000280. The van der Waals surface area contributed by atoms with Crippen molar-refractivity contribution in [2.45, 2.75) is 32.7 Å². The van der Waals surface area contributed by atoms with E-state index >= 15 is 0 Å². The molecule has 2 aliphatic heterocycles. The molecule has 0 saturated carbocycles. The first-order valence-electron chi connectivity index (χ1n) is 10.1. The van der Waals surface area contributed by atoms with Crippen LogP contribution in [-0.4, -0.2) is 68.2 Å². The summed E-state index contributed by atoms with van der Waals surface area (Å²) in [7, 11) is 1.80. The maximum absolute atomic E-state index is 13.9. The maximum Gasteiger partial charge on any atom is 0.191 e. The summed E-state index contributed by atoms with van der Waals surface area (Å²) in [5.74, 6) is 2.57. The monoisotopic (exact) mass is 504 g/mol. The number of likely N-dealkylation sites (tertiary alicyclic amines) is 1. The van der Waals surface area contributed by atoms with Crippen molar-refractivity contribution in [2.24, 2.45) is 16.8 Å². The highest BCUT2D eigenvalue weighted by Crippen LogP contribution is 2.21. The van der Waals surface area contributed by atoms with Crippen LogP contribution in [0.3, 0.4) is 0 Å². The maximum atomic E-state index is 13.9. The predicted octanol–water partition coefficient (Wildman–Crippen LogP) is 2.56. The van der Waals surface area contributed by atoms with E-state index in [1.807, 2.05) is 4.90 Å². The lowest BCUT2D eigenvalue weighted by molar-refractivity contribution is 0.143. The molecule has 3 rings (SSSR count). The number of nitrogens with one attached hydrogen (secondary N) is 2. The van der Waals surface area contributed by atoms with Crippen molar-refractivity contribution in [3.63, 3.8) is 0 Å². The van der Waals surface area contributed by atoms with Crippen LogP contribution >= 0.6 is 24.0 Å². The van der Waals surface area contributed by atoms with E-state index < -0.39 is 0 Å². The molecule has 2 fully saturated rings. The molecule has 28 heavy (non-hydrogen) atoms. The van der Waals surface area contributed by atoms with E-state index in [1.54, 1.807) is 19.3 Å². The van der Waals surface area contributed by atoms with Crippen LogP contribution in [0.1, 0.15) is 26.7 Å². The molecule has 3 unspecified atom stereocenters. The molecular weight excluding hydrogens is 470 g/mol. The van der Waals surface area contributed by atoms with E-state index in [0.29, 0.717) is 5.82 Å². The van der Waals surface area contributed by atoms with E-state index in [9.17, 15) is 4.39 Å². The van der Waals surface area contributed by atoms with Crippen LogP contribution in [0.2, 0.25) is 0 Å². The second kappa shape index (κ2) is 11.1. The molecule has 1 aromatic heterocycles. The molecule has 8 heteroatoms.